The number of hydrogen-bond donors (Lipinski definition) is 2. The van der Waals surface area contributed by atoms with Gasteiger partial charge in [-0.3, -0.25) is 4.79 Å². The molecule has 0 amide bonds. The molecule has 2 aromatic carbocycles. The van der Waals surface area contributed by atoms with E-state index >= 15 is 0 Å². The van der Waals surface area contributed by atoms with Crippen LogP contribution in [-0.4, -0.2) is 29.3 Å². The molecule has 0 saturated carbocycles. The Bertz CT molecular complexity index is 760. The van der Waals surface area contributed by atoms with Crippen LogP contribution in [0.15, 0.2) is 65.7 Å². The highest BCUT2D eigenvalue weighted by atomic mass is 16.5. The summed E-state index contributed by atoms with van der Waals surface area (Å²) in [5.74, 6) is -1.64. The highest BCUT2D eigenvalue weighted by Gasteiger charge is 2.18. The number of methoxy groups -OCH3 is 1. The molecule has 0 spiro atoms. The number of carbonyl (C=O) groups is 2. The minimum absolute atomic E-state index is 0.0628. The van der Waals surface area contributed by atoms with Gasteiger partial charge in [-0.05, 0) is 36.1 Å². The Kier molecular flexibility index (Phi) is 6.34. The normalized spacial score (nSPS) is 11.6. The zero-order valence-electron chi connectivity index (χ0n) is 13.9. The molecule has 0 radical (unpaired) electrons. The number of allylic oxidation sites excluding steroid dienone is 1. The number of rotatable bonds is 8. The van der Waals surface area contributed by atoms with Gasteiger partial charge in [0.2, 0.25) is 0 Å². The molecular formula is C20H20O5. The second kappa shape index (κ2) is 8.68. The standard InChI is InChI=1S/C20H20O5/c1-25-17-9-7-15(8-10-17)12-16(11-14-5-3-2-4-6-14)18(20(23)24)13-19(21)22/h2-10H,11-13H2,1H3,(H,21,22)(H,23,24). The van der Waals surface area contributed by atoms with Gasteiger partial charge in [-0.15, -0.1) is 0 Å². The van der Waals surface area contributed by atoms with Gasteiger partial charge in [0.1, 0.15) is 5.75 Å². The maximum absolute atomic E-state index is 11.6. The van der Waals surface area contributed by atoms with Crippen LogP contribution in [-0.2, 0) is 22.4 Å². The van der Waals surface area contributed by atoms with E-state index in [1.54, 1.807) is 19.2 Å². The molecule has 0 aliphatic rings. The molecule has 0 atom stereocenters. The fourth-order valence-electron chi connectivity index (χ4n) is 2.61. The summed E-state index contributed by atoms with van der Waals surface area (Å²) in [6.07, 6.45) is 0.253. The largest absolute Gasteiger partial charge is 0.497 e. The summed E-state index contributed by atoms with van der Waals surface area (Å²) in [7, 11) is 1.57. The first-order chi connectivity index (χ1) is 12.0. The van der Waals surface area contributed by atoms with E-state index in [0.29, 0.717) is 24.2 Å². The summed E-state index contributed by atoms with van der Waals surface area (Å²) in [5, 5.41) is 18.6. The third-order valence-corrected chi connectivity index (χ3v) is 3.85. The lowest BCUT2D eigenvalue weighted by molar-refractivity contribution is -0.139. The number of aliphatic carboxylic acids is 2. The fraction of sp³-hybridized carbons (Fsp3) is 0.200. The van der Waals surface area contributed by atoms with Crippen molar-refractivity contribution in [1.29, 1.82) is 0 Å². The third-order valence-electron chi connectivity index (χ3n) is 3.85. The predicted molar refractivity (Wildman–Crippen MR) is 93.8 cm³/mol. The van der Waals surface area contributed by atoms with E-state index < -0.39 is 18.4 Å². The van der Waals surface area contributed by atoms with Gasteiger partial charge in [0.05, 0.1) is 13.5 Å². The van der Waals surface area contributed by atoms with Crippen LogP contribution in [0, 0.1) is 0 Å². The maximum atomic E-state index is 11.6. The second-order valence-corrected chi connectivity index (χ2v) is 5.65. The van der Waals surface area contributed by atoms with Crippen LogP contribution >= 0.6 is 0 Å². The van der Waals surface area contributed by atoms with Gasteiger partial charge < -0.3 is 14.9 Å². The van der Waals surface area contributed by atoms with Gasteiger partial charge in [-0.2, -0.15) is 0 Å². The van der Waals surface area contributed by atoms with Crippen molar-refractivity contribution in [3.63, 3.8) is 0 Å². The van der Waals surface area contributed by atoms with Crippen molar-refractivity contribution in [2.45, 2.75) is 19.3 Å². The summed E-state index contributed by atoms with van der Waals surface area (Å²) in [6.45, 7) is 0. The molecule has 0 fully saturated rings. The highest BCUT2D eigenvalue weighted by Crippen LogP contribution is 2.22. The van der Waals surface area contributed by atoms with Crippen LogP contribution in [0.3, 0.4) is 0 Å². The molecule has 0 bridgehead atoms. The SMILES string of the molecule is COc1ccc(CC(Cc2ccccc2)=C(CC(=O)O)C(=O)O)cc1. The van der Waals surface area contributed by atoms with Crippen molar-refractivity contribution in [1.82, 2.24) is 0 Å². The summed E-state index contributed by atoms with van der Waals surface area (Å²) in [5.41, 5.74) is 2.37. The molecule has 25 heavy (non-hydrogen) atoms. The molecule has 2 N–H and O–H groups in total. The molecule has 5 heteroatoms. The van der Waals surface area contributed by atoms with E-state index in [1.807, 2.05) is 42.5 Å². The molecule has 2 aromatic rings. The van der Waals surface area contributed by atoms with Crippen LogP contribution in [0.2, 0.25) is 0 Å². The molecule has 0 aliphatic carbocycles. The van der Waals surface area contributed by atoms with Crippen LogP contribution in [0.5, 0.6) is 5.75 Å². The van der Waals surface area contributed by atoms with Gasteiger partial charge in [0.25, 0.3) is 0 Å². The number of benzene rings is 2. The summed E-state index contributed by atoms with van der Waals surface area (Å²) in [6, 6.07) is 16.7. The first-order valence-electron chi connectivity index (χ1n) is 7.82. The minimum Gasteiger partial charge on any atom is -0.497 e. The van der Waals surface area contributed by atoms with Crippen molar-refractivity contribution in [2.75, 3.05) is 7.11 Å². The van der Waals surface area contributed by atoms with Gasteiger partial charge in [-0.1, -0.05) is 48.0 Å². The molecule has 2 rings (SSSR count). The Morgan fingerprint density at radius 3 is 1.92 bits per heavy atom. The zero-order chi connectivity index (χ0) is 18.2. The van der Waals surface area contributed by atoms with Crippen LogP contribution in [0.1, 0.15) is 17.5 Å². The van der Waals surface area contributed by atoms with Gasteiger partial charge in [0, 0.05) is 5.57 Å². The lowest BCUT2D eigenvalue weighted by Crippen LogP contribution is -2.12. The summed E-state index contributed by atoms with van der Waals surface area (Å²) < 4.78 is 5.12. The Morgan fingerprint density at radius 2 is 1.44 bits per heavy atom. The Balaban J connectivity index is 2.38. The van der Waals surface area contributed by atoms with E-state index in [2.05, 4.69) is 0 Å². The van der Waals surface area contributed by atoms with Gasteiger partial charge >= 0.3 is 11.9 Å². The van der Waals surface area contributed by atoms with Crippen molar-refractivity contribution < 1.29 is 24.5 Å². The smallest absolute Gasteiger partial charge is 0.332 e. The van der Waals surface area contributed by atoms with Crippen molar-refractivity contribution >= 4 is 11.9 Å². The molecule has 0 unspecified atom stereocenters. The lowest BCUT2D eigenvalue weighted by Gasteiger charge is -2.13. The Labute approximate surface area is 146 Å². The number of ether oxygens (including phenoxy) is 1. The zero-order valence-corrected chi connectivity index (χ0v) is 13.9. The van der Waals surface area contributed by atoms with E-state index in [0.717, 1.165) is 11.1 Å². The van der Waals surface area contributed by atoms with E-state index in [-0.39, 0.29) is 5.57 Å². The van der Waals surface area contributed by atoms with Crippen molar-refractivity contribution in [3.05, 3.63) is 76.9 Å². The van der Waals surface area contributed by atoms with E-state index in [9.17, 15) is 14.7 Å². The van der Waals surface area contributed by atoms with Gasteiger partial charge in [0.15, 0.2) is 0 Å². The monoisotopic (exact) mass is 340 g/mol. The van der Waals surface area contributed by atoms with E-state index in [4.69, 9.17) is 9.84 Å². The van der Waals surface area contributed by atoms with Crippen LogP contribution in [0.25, 0.3) is 0 Å². The predicted octanol–water partition coefficient (Wildman–Crippen LogP) is 3.34. The first-order valence-corrected chi connectivity index (χ1v) is 7.82. The molecule has 0 aliphatic heterocycles. The van der Waals surface area contributed by atoms with Crippen LogP contribution in [0.4, 0.5) is 0 Å². The first kappa shape index (κ1) is 18.3. The minimum atomic E-state index is -1.19. The average Bonchev–Trinajstić information content (AvgIpc) is 2.60. The average molecular weight is 340 g/mol. The quantitative estimate of drug-likeness (QED) is 0.720. The van der Waals surface area contributed by atoms with E-state index in [1.165, 1.54) is 0 Å². The lowest BCUT2D eigenvalue weighted by atomic mass is 9.92. The maximum Gasteiger partial charge on any atom is 0.332 e. The molecule has 5 nitrogen and oxygen atoms in total. The van der Waals surface area contributed by atoms with Gasteiger partial charge in [-0.25, -0.2) is 4.79 Å². The molecule has 0 heterocycles. The Hall–Kier alpha value is -3.08. The van der Waals surface area contributed by atoms with Crippen molar-refractivity contribution in [2.24, 2.45) is 0 Å². The van der Waals surface area contributed by atoms with Crippen molar-refractivity contribution in [3.8, 4) is 5.75 Å². The summed E-state index contributed by atoms with van der Waals surface area (Å²) >= 11 is 0. The molecule has 0 aromatic heterocycles. The third kappa shape index (κ3) is 5.49. The topological polar surface area (TPSA) is 83.8 Å². The molecule has 130 valence electrons. The second-order valence-electron chi connectivity index (χ2n) is 5.65. The summed E-state index contributed by atoms with van der Waals surface area (Å²) in [4.78, 5) is 22.7. The Morgan fingerprint density at radius 1 is 0.880 bits per heavy atom. The van der Waals surface area contributed by atoms with Crippen LogP contribution < -0.4 is 4.74 Å². The molecule has 0 saturated heterocycles. The number of hydrogen-bond acceptors (Lipinski definition) is 3. The fourth-order valence-corrected chi connectivity index (χ4v) is 2.61. The number of carboxylic acid groups (broad SMARTS) is 2. The molecular weight excluding hydrogens is 320 g/mol. The highest BCUT2D eigenvalue weighted by molar-refractivity contribution is 5.93. The number of carboxylic acids is 2.